The highest BCUT2D eigenvalue weighted by Crippen LogP contribution is 2.30. The number of para-hydroxylation sites is 1. The van der Waals surface area contributed by atoms with E-state index in [-0.39, 0.29) is 11.3 Å². The molecule has 2 aromatic carbocycles. The minimum absolute atomic E-state index is 0.125. The number of aryl methyl sites for hydroxylation is 1. The number of carbonyl (C=O) groups excluding carboxylic acids is 1. The Labute approximate surface area is 165 Å². The number of ether oxygens (including phenoxy) is 1. The summed E-state index contributed by atoms with van der Waals surface area (Å²) < 4.78 is 7.07. The van der Waals surface area contributed by atoms with Crippen LogP contribution >= 0.6 is 11.3 Å². The fourth-order valence-corrected chi connectivity index (χ4v) is 3.86. The number of hydrogen-bond acceptors (Lipinski definition) is 4. The second-order valence-corrected chi connectivity index (χ2v) is 7.24. The predicted molar refractivity (Wildman–Crippen MR) is 113 cm³/mol. The van der Waals surface area contributed by atoms with Gasteiger partial charge in [-0.15, -0.1) is 11.3 Å². The van der Waals surface area contributed by atoms with E-state index in [1.54, 1.807) is 31.4 Å². The lowest BCUT2D eigenvalue weighted by atomic mass is 10.0. The van der Waals surface area contributed by atoms with Gasteiger partial charge in [-0.1, -0.05) is 30.3 Å². The number of fused-ring (bicyclic) bond motifs is 1. The van der Waals surface area contributed by atoms with Crippen molar-refractivity contribution < 1.29 is 9.53 Å². The standard InChI is InChI=1S/C22H18N2O3S/c1-24-17-7-4-3-6-16(17)20(25)19(14-9-11-15(27-2)12-10-14)21(24)23-22(26)18-8-5-13-28-18/h3-13H,1-2H3,(H,23,26). The minimum Gasteiger partial charge on any atom is -0.497 e. The Kier molecular flexibility index (Phi) is 4.71. The quantitative estimate of drug-likeness (QED) is 0.557. The van der Waals surface area contributed by atoms with Gasteiger partial charge in [-0.05, 0) is 41.3 Å². The first-order chi connectivity index (χ1) is 13.6. The zero-order valence-corrected chi connectivity index (χ0v) is 16.2. The van der Waals surface area contributed by atoms with Crippen molar-refractivity contribution in [1.29, 1.82) is 0 Å². The fourth-order valence-electron chi connectivity index (χ4n) is 3.24. The van der Waals surface area contributed by atoms with Gasteiger partial charge in [0.2, 0.25) is 0 Å². The third-order valence-electron chi connectivity index (χ3n) is 4.66. The average molecular weight is 390 g/mol. The van der Waals surface area contributed by atoms with Gasteiger partial charge < -0.3 is 14.6 Å². The molecule has 1 N–H and O–H groups in total. The molecule has 0 atom stereocenters. The summed E-state index contributed by atoms with van der Waals surface area (Å²) in [5.74, 6) is 0.924. The Bertz CT molecular complexity index is 1210. The molecule has 140 valence electrons. The molecule has 2 aromatic heterocycles. The number of hydrogen-bond donors (Lipinski definition) is 1. The van der Waals surface area contributed by atoms with Crippen LogP contribution in [0, 0.1) is 0 Å². The molecule has 28 heavy (non-hydrogen) atoms. The van der Waals surface area contributed by atoms with Gasteiger partial charge in [0.1, 0.15) is 11.6 Å². The predicted octanol–water partition coefficient (Wildman–Crippen LogP) is 4.53. The van der Waals surface area contributed by atoms with Crippen LogP contribution in [-0.2, 0) is 7.05 Å². The second-order valence-electron chi connectivity index (χ2n) is 6.29. The van der Waals surface area contributed by atoms with E-state index in [1.165, 1.54) is 11.3 Å². The number of thiophene rings is 1. The van der Waals surface area contributed by atoms with E-state index < -0.39 is 0 Å². The summed E-state index contributed by atoms with van der Waals surface area (Å²) in [6.07, 6.45) is 0. The van der Waals surface area contributed by atoms with Crippen molar-refractivity contribution >= 4 is 34.0 Å². The van der Waals surface area contributed by atoms with Crippen LogP contribution in [0.3, 0.4) is 0 Å². The van der Waals surface area contributed by atoms with Crippen LogP contribution in [-0.4, -0.2) is 17.6 Å². The molecule has 0 spiro atoms. The smallest absolute Gasteiger partial charge is 0.266 e. The third kappa shape index (κ3) is 3.08. The second kappa shape index (κ2) is 7.32. The number of carbonyl (C=O) groups is 1. The number of pyridine rings is 1. The fraction of sp³-hybridized carbons (Fsp3) is 0.0909. The number of anilines is 1. The van der Waals surface area contributed by atoms with Crippen LogP contribution in [0.5, 0.6) is 5.75 Å². The van der Waals surface area contributed by atoms with E-state index in [1.807, 2.05) is 53.4 Å². The van der Waals surface area contributed by atoms with E-state index in [4.69, 9.17) is 4.74 Å². The molecule has 0 saturated carbocycles. The Morgan fingerprint density at radius 1 is 1.04 bits per heavy atom. The minimum atomic E-state index is -0.241. The molecule has 0 fully saturated rings. The number of aromatic nitrogens is 1. The van der Waals surface area contributed by atoms with E-state index in [0.29, 0.717) is 33.0 Å². The first-order valence-electron chi connectivity index (χ1n) is 8.71. The molecular formula is C22H18N2O3S. The number of nitrogens with zero attached hydrogens (tertiary/aromatic N) is 1. The van der Waals surface area contributed by atoms with Crippen LogP contribution in [0.2, 0.25) is 0 Å². The molecule has 4 rings (SSSR count). The van der Waals surface area contributed by atoms with Gasteiger partial charge in [-0.3, -0.25) is 9.59 Å². The van der Waals surface area contributed by atoms with Crippen molar-refractivity contribution in [2.24, 2.45) is 7.05 Å². The van der Waals surface area contributed by atoms with Gasteiger partial charge in [0.15, 0.2) is 5.43 Å². The van der Waals surface area contributed by atoms with Gasteiger partial charge in [0.25, 0.3) is 5.91 Å². The summed E-state index contributed by atoms with van der Waals surface area (Å²) in [4.78, 5) is 26.6. The van der Waals surface area contributed by atoms with Crippen LogP contribution < -0.4 is 15.5 Å². The molecule has 0 aliphatic rings. The van der Waals surface area contributed by atoms with Gasteiger partial charge in [0, 0.05) is 12.4 Å². The van der Waals surface area contributed by atoms with Crippen LogP contribution in [0.15, 0.2) is 70.8 Å². The molecule has 6 heteroatoms. The van der Waals surface area contributed by atoms with Crippen molar-refractivity contribution in [3.8, 4) is 16.9 Å². The number of methoxy groups -OCH3 is 1. The monoisotopic (exact) mass is 390 g/mol. The van der Waals surface area contributed by atoms with E-state index >= 15 is 0 Å². The van der Waals surface area contributed by atoms with Crippen LogP contribution in [0.4, 0.5) is 5.82 Å². The van der Waals surface area contributed by atoms with Gasteiger partial charge >= 0.3 is 0 Å². The summed E-state index contributed by atoms with van der Waals surface area (Å²) >= 11 is 1.35. The molecular weight excluding hydrogens is 372 g/mol. The van der Waals surface area contributed by atoms with Crippen molar-refractivity contribution in [2.45, 2.75) is 0 Å². The number of amides is 1. The topological polar surface area (TPSA) is 60.3 Å². The summed E-state index contributed by atoms with van der Waals surface area (Å²) in [6.45, 7) is 0. The maximum absolute atomic E-state index is 13.3. The first kappa shape index (κ1) is 18.0. The zero-order valence-electron chi connectivity index (χ0n) is 15.4. The largest absolute Gasteiger partial charge is 0.497 e. The van der Waals surface area contributed by atoms with Crippen molar-refractivity contribution in [1.82, 2.24) is 4.57 Å². The molecule has 0 aliphatic carbocycles. The molecule has 0 saturated heterocycles. The number of nitrogens with one attached hydrogen (secondary N) is 1. The van der Waals surface area contributed by atoms with Gasteiger partial charge in [-0.2, -0.15) is 0 Å². The Morgan fingerprint density at radius 2 is 1.79 bits per heavy atom. The molecule has 0 aliphatic heterocycles. The van der Waals surface area contributed by atoms with Gasteiger partial charge in [-0.25, -0.2) is 0 Å². The normalized spacial score (nSPS) is 10.8. The molecule has 0 unspecified atom stereocenters. The van der Waals surface area contributed by atoms with Crippen LogP contribution in [0.1, 0.15) is 9.67 Å². The average Bonchev–Trinajstić information content (AvgIpc) is 3.27. The highest BCUT2D eigenvalue weighted by molar-refractivity contribution is 7.12. The Hall–Kier alpha value is -3.38. The molecule has 5 nitrogen and oxygen atoms in total. The zero-order chi connectivity index (χ0) is 19.7. The number of rotatable bonds is 4. The summed E-state index contributed by atoms with van der Waals surface area (Å²) in [5.41, 5.74) is 1.80. The van der Waals surface area contributed by atoms with E-state index in [2.05, 4.69) is 5.32 Å². The number of benzene rings is 2. The lowest BCUT2D eigenvalue weighted by molar-refractivity contribution is 0.103. The lowest BCUT2D eigenvalue weighted by Crippen LogP contribution is -2.21. The first-order valence-corrected chi connectivity index (χ1v) is 9.59. The highest BCUT2D eigenvalue weighted by Gasteiger charge is 2.19. The van der Waals surface area contributed by atoms with Gasteiger partial charge in [0.05, 0.1) is 23.1 Å². The third-order valence-corrected chi connectivity index (χ3v) is 5.53. The molecule has 4 aromatic rings. The summed E-state index contributed by atoms with van der Waals surface area (Å²) in [6, 6.07) is 18.2. The Morgan fingerprint density at radius 3 is 2.46 bits per heavy atom. The van der Waals surface area contributed by atoms with Crippen molar-refractivity contribution in [2.75, 3.05) is 12.4 Å². The molecule has 0 radical (unpaired) electrons. The highest BCUT2D eigenvalue weighted by atomic mass is 32.1. The summed E-state index contributed by atoms with van der Waals surface area (Å²) in [5, 5.41) is 5.39. The molecule has 2 heterocycles. The van der Waals surface area contributed by atoms with Crippen molar-refractivity contribution in [3.05, 3.63) is 81.1 Å². The lowest BCUT2D eigenvalue weighted by Gasteiger charge is -2.18. The van der Waals surface area contributed by atoms with Crippen molar-refractivity contribution in [3.63, 3.8) is 0 Å². The maximum Gasteiger partial charge on any atom is 0.266 e. The van der Waals surface area contributed by atoms with Crippen LogP contribution in [0.25, 0.3) is 22.0 Å². The SMILES string of the molecule is COc1ccc(-c2c(NC(=O)c3cccs3)n(C)c3ccccc3c2=O)cc1. The molecule has 0 bridgehead atoms. The maximum atomic E-state index is 13.3. The Balaban J connectivity index is 1.96. The van der Waals surface area contributed by atoms with E-state index in [0.717, 1.165) is 5.52 Å². The van der Waals surface area contributed by atoms with E-state index in [9.17, 15) is 9.59 Å². The summed E-state index contributed by atoms with van der Waals surface area (Å²) in [7, 11) is 3.44. The molecule has 1 amide bonds.